The molecule has 1 aromatic heterocycles. The van der Waals surface area contributed by atoms with Gasteiger partial charge in [-0.05, 0) is 54.7 Å². The van der Waals surface area contributed by atoms with Crippen LogP contribution in [0.25, 0.3) is 0 Å². The number of pyridine rings is 1. The zero-order chi connectivity index (χ0) is 19.2. The van der Waals surface area contributed by atoms with Crippen LogP contribution in [0.15, 0.2) is 85.2 Å². The summed E-state index contributed by atoms with van der Waals surface area (Å²) in [4.78, 5) is 16.8. The summed E-state index contributed by atoms with van der Waals surface area (Å²) in [5, 5.41) is 3.22. The Kier molecular flexibility index (Phi) is 5.78. The molecule has 0 aliphatic carbocycles. The number of amides is 1. The van der Waals surface area contributed by atoms with Gasteiger partial charge in [-0.2, -0.15) is 0 Å². The van der Waals surface area contributed by atoms with E-state index < -0.39 is 0 Å². The Labute approximate surface area is 165 Å². The SMILES string of the molecule is O=C(N[C@@H]1C[C@H](Cc2ccccc2)O[C@H](c2ccncc2)C1)c1ccccc1. The Morgan fingerprint density at radius 2 is 1.61 bits per heavy atom. The Morgan fingerprint density at radius 3 is 2.32 bits per heavy atom. The number of benzene rings is 2. The highest BCUT2D eigenvalue weighted by atomic mass is 16.5. The molecule has 1 amide bonds. The van der Waals surface area contributed by atoms with E-state index in [2.05, 4.69) is 22.4 Å². The van der Waals surface area contributed by atoms with Gasteiger partial charge in [0.05, 0.1) is 12.2 Å². The summed E-state index contributed by atoms with van der Waals surface area (Å²) in [6.45, 7) is 0. The number of nitrogens with zero attached hydrogens (tertiary/aromatic N) is 1. The lowest BCUT2D eigenvalue weighted by Crippen LogP contribution is -2.43. The highest BCUT2D eigenvalue weighted by Gasteiger charge is 2.31. The Bertz CT molecular complexity index is 884. The van der Waals surface area contributed by atoms with Crippen molar-refractivity contribution < 1.29 is 9.53 Å². The molecular formula is C24H24N2O2. The average Bonchev–Trinajstić information content (AvgIpc) is 2.75. The summed E-state index contributed by atoms with van der Waals surface area (Å²) >= 11 is 0. The molecule has 1 aliphatic heterocycles. The lowest BCUT2D eigenvalue weighted by atomic mass is 9.91. The maximum atomic E-state index is 12.7. The fourth-order valence-corrected chi connectivity index (χ4v) is 3.79. The molecule has 2 aromatic carbocycles. The molecule has 142 valence electrons. The number of ether oxygens (including phenoxy) is 1. The van der Waals surface area contributed by atoms with Gasteiger partial charge >= 0.3 is 0 Å². The standard InChI is InChI=1S/C24H24N2O2/c27-24(20-9-5-2-6-10-20)26-21-16-22(15-18-7-3-1-4-8-18)28-23(17-21)19-11-13-25-14-12-19/h1-14,21-23H,15-17H2,(H,26,27)/t21-,22+,23+/m1/s1. The normalized spacial score (nSPS) is 21.8. The van der Waals surface area contributed by atoms with Crippen LogP contribution in [0, 0.1) is 0 Å². The minimum absolute atomic E-state index is 0.0283. The molecule has 2 heterocycles. The van der Waals surface area contributed by atoms with E-state index in [0.29, 0.717) is 5.56 Å². The molecule has 3 atom stereocenters. The van der Waals surface area contributed by atoms with Crippen molar-refractivity contribution in [3.63, 3.8) is 0 Å². The highest BCUT2D eigenvalue weighted by molar-refractivity contribution is 5.94. The van der Waals surface area contributed by atoms with Crippen LogP contribution >= 0.6 is 0 Å². The summed E-state index contributed by atoms with van der Waals surface area (Å²) in [6.07, 6.45) is 5.97. The Hall–Kier alpha value is -2.98. The molecule has 3 aromatic rings. The number of carbonyl (C=O) groups excluding carboxylic acids is 1. The first-order chi connectivity index (χ1) is 13.8. The molecule has 1 aliphatic rings. The third-order valence-corrected chi connectivity index (χ3v) is 5.16. The Balaban J connectivity index is 1.50. The maximum Gasteiger partial charge on any atom is 0.251 e. The van der Waals surface area contributed by atoms with E-state index in [4.69, 9.17) is 4.74 Å². The van der Waals surface area contributed by atoms with Crippen molar-refractivity contribution >= 4 is 5.91 Å². The van der Waals surface area contributed by atoms with E-state index in [9.17, 15) is 4.79 Å². The number of rotatable bonds is 5. The van der Waals surface area contributed by atoms with Gasteiger partial charge in [0.1, 0.15) is 0 Å². The molecule has 4 rings (SSSR count). The van der Waals surface area contributed by atoms with Gasteiger partial charge in [-0.3, -0.25) is 9.78 Å². The molecule has 1 N–H and O–H groups in total. The van der Waals surface area contributed by atoms with Crippen molar-refractivity contribution in [2.75, 3.05) is 0 Å². The van der Waals surface area contributed by atoms with Crippen molar-refractivity contribution in [1.29, 1.82) is 0 Å². The van der Waals surface area contributed by atoms with Crippen molar-refractivity contribution in [1.82, 2.24) is 10.3 Å². The van der Waals surface area contributed by atoms with Crippen LogP contribution in [0.4, 0.5) is 0 Å². The lowest BCUT2D eigenvalue weighted by Gasteiger charge is -2.36. The minimum Gasteiger partial charge on any atom is -0.370 e. The van der Waals surface area contributed by atoms with Crippen molar-refractivity contribution in [2.45, 2.75) is 37.5 Å². The fourth-order valence-electron chi connectivity index (χ4n) is 3.79. The van der Waals surface area contributed by atoms with Crippen molar-refractivity contribution in [3.8, 4) is 0 Å². The van der Waals surface area contributed by atoms with Crippen LogP contribution in [0.2, 0.25) is 0 Å². The maximum absolute atomic E-state index is 12.7. The second kappa shape index (κ2) is 8.81. The smallest absolute Gasteiger partial charge is 0.251 e. The molecule has 4 heteroatoms. The zero-order valence-electron chi connectivity index (χ0n) is 15.7. The second-order valence-electron chi connectivity index (χ2n) is 7.22. The predicted molar refractivity (Wildman–Crippen MR) is 109 cm³/mol. The minimum atomic E-state index is -0.0495. The third-order valence-electron chi connectivity index (χ3n) is 5.16. The number of aromatic nitrogens is 1. The van der Waals surface area contributed by atoms with E-state index in [-0.39, 0.29) is 24.2 Å². The molecule has 1 saturated heterocycles. The van der Waals surface area contributed by atoms with Crippen LogP contribution in [0.3, 0.4) is 0 Å². The van der Waals surface area contributed by atoms with E-state index in [1.165, 1.54) is 5.56 Å². The Morgan fingerprint density at radius 1 is 0.929 bits per heavy atom. The monoisotopic (exact) mass is 372 g/mol. The van der Waals surface area contributed by atoms with Crippen LogP contribution in [0.1, 0.15) is 40.4 Å². The molecule has 0 unspecified atom stereocenters. The molecule has 0 bridgehead atoms. The summed E-state index contributed by atoms with van der Waals surface area (Å²) in [7, 11) is 0. The zero-order valence-corrected chi connectivity index (χ0v) is 15.7. The second-order valence-corrected chi connectivity index (χ2v) is 7.22. The summed E-state index contributed by atoms with van der Waals surface area (Å²) in [5.41, 5.74) is 3.04. The quantitative estimate of drug-likeness (QED) is 0.725. The summed E-state index contributed by atoms with van der Waals surface area (Å²) in [6, 6.07) is 23.8. The summed E-state index contributed by atoms with van der Waals surface area (Å²) < 4.78 is 6.41. The number of nitrogens with one attached hydrogen (secondary N) is 1. The van der Waals surface area contributed by atoms with Crippen LogP contribution < -0.4 is 5.32 Å². The molecule has 0 radical (unpaired) electrons. The molecule has 28 heavy (non-hydrogen) atoms. The van der Waals surface area contributed by atoms with E-state index in [0.717, 1.165) is 24.8 Å². The first-order valence-corrected chi connectivity index (χ1v) is 9.73. The average molecular weight is 372 g/mol. The van der Waals surface area contributed by atoms with Gasteiger partial charge in [-0.15, -0.1) is 0 Å². The van der Waals surface area contributed by atoms with Gasteiger partial charge in [-0.1, -0.05) is 48.5 Å². The van der Waals surface area contributed by atoms with Gasteiger partial charge in [0.2, 0.25) is 0 Å². The molecule has 0 spiro atoms. The number of carbonyl (C=O) groups is 1. The van der Waals surface area contributed by atoms with Gasteiger partial charge < -0.3 is 10.1 Å². The number of hydrogen-bond donors (Lipinski definition) is 1. The predicted octanol–water partition coefficient (Wildman–Crippen LogP) is 4.34. The molecular weight excluding hydrogens is 348 g/mol. The number of hydrogen-bond acceptors (Lipinski definition) is 3. The van der Waals surface area contributed by atoms with Crippen LogP contribution in [-0.4, -0.2) is 23.0 Å². The van der Waals surface area contributed by atoms with Gasteiger partial charge in [0.15, 0.2) is 0 Å². The van der Waals surface area contributed by atoms with Crippen LogP contribution in [-0.2, 0) is 11.2 Å². The van der Waals surface area contributed by atoms with Gasteiger partial charge in [0, 0.05) is 24.0 Å². The molecule has 4 nitrogen and oxygen atoms in total. The van der Waals surface area contributed by atoms with Crippen molar-refractivity contribution in [2.24, 2.45) is 0 Å². The molecule has 1 fully saturated rings. The molecule has 0 saturated carbocycles. The summed E-state index contributed by atoms with van der Waals surface area (Å²) in [5.74, 6) is -0.0283. The van der Waals surface area contributed by atoms with Crippen molar-refractivity contribution in [3.05, 3.63) is 102 Å². The van der Waals surface area contributed by atoms with Crippen LogP contribution in [0.5, 0.6) is 0 Å². The first-order valence-electron chi connectivity index (χ1n) is 9.73. The van der Waals surface area contributed by atoms with Gasteiger partial charge in [-0.25, -0.2) is 0 Å². The van der Waals surface area contributed by atoms with E-state index >= 15 is 0 Å². The first kappa shape index (κ1) is 18.4. The van der Waals surface area contributed by atoms with Gasteiger partial charge in [0.25, 0.3) is 5.91 Å². The lowest BCUT2D eigenvalue weighted by molar-refractivity contribution is -0.0614. The third kappa shape index (κ3) is 4.65. The largest absolute Gasteiger partial charge is 0.370 e. The van der Waals surface area contributed by atoms with E-state index in [1.807, 2.05) is 60.7 Å². The van der Waals surface area contributed by atoms with E-state index in [1.54, 1.807) is 12.4 Å². The highest BCUT2D eigenvalue weighted by Crippen LogP contribution is 2.32. The topological polar surface area (TPSA) is 51.2 Å². The fraction of sp³-hybridized carbons (Fsp3) is 0.250.